The lowest BCUT2D eigenvalue weighted by molar-refractivity contribution is -0.130. The van der Waals surface area contributed by atoms with Crippen LogP contribution in [-0.4, -0.2) is 23.4 Å². The van der Waals surface area contributed by atoms with E-state index < -0.39 is 0 Å². The molecule has 4 heteroatoms. The van der Waals surface area contributed by atoms with Crippen molar-refractivity contribution in [2.45, 2.75) is 38.8 Å². The lowest BCUT2D eigenvalue weighted by atomic mass is 10.00. The quantitative estimate of drug-likeness (QED) is 0.879. The number of nitrogens with zero attached hydrogens (tertiary/aromatic N) is 2. The molecule has 0 unspecified atom stereocenters. The van der Waals surface area contributed by atoms with Crippen molar-refractivity contribution in [3.8, 4) is 6.07 Å². The van der Waals surface area contributed by atoms with Crippen LogP contribution in [0.3, 0.4) is 0 Å². The van der Waals surface area contributed by atoms with E-state index in [9.17, 15) is 4.79 Å². The Hall–Kier alpha value is -1.86. The van der Waals surface area contributed by atoms with E-state index in [0.717, 1.165) is 5.56 Å². The van der Waals surface area contributed by atoms with E-state index in [-0.39, 0.29) is 11.4 Å². The van der Waals surface area contributed by atoms with E-state index in [1.54, 1.807) is 24.1 Å². The molecule has 1 aromatic carbocycles. The second-order valence-electron chi connectivity index (χ2n) is 5.55. The molecule has 0 aliphatic heterocycles. The van der Waals surface area contributed by atoms with Crippen molar-refractivity contribution in [1.82, 2.24) is 4.90 Å². The number of hydrogen-bond donors (Lipinski definition) is 1. The third kappa shape index (κ3) is 5.54. The van der Waals surface area contributed by atoms with Crippen LogP contribution in [0.2, 0.25) is 0 Å². The lowest BCUT2D eigenvalue weighted by Crippen LogP contribution is -2.34. The Morgan fingerprint density at radius 3 is 2.74 bits per heavy atom. The van der Waals surface area contributed by atoms with Gasteiger partial charge in [0.05, 0.1) is 11.6 Å². The van der Waals surface area contributed by atoms with Gasteiger partial charge in [0.2, 0.25) is 5.91 Å². The van der Waals surface area contributed by atoms with Gasteiger partial charge in [-0.05, 0) is 38.0 Å². The maximum Gasteiger partial charge on any atom is 0.222 e. The third-order valence-electron chi connectivity index (χ3n) is 2.88. The Bertz CT molecular complexity index is 483. The fourth-order valence-corrected chi connectivity index (χ4v) is 1.72. The topological polar surface area (TPSA) is 70.1 Å². The van der Waals surface area contributed by atoms with E-state index in [2.05, 4.69) is 6.07 Å². The Balaban J connectivity index is 2.56. The van der Waals surface area contributed by atoms with E-state index in [1.807, 2.05) is 26.0 Å². The first-order valence-corrected chi connectivity index (χ1v) is 6.34. The Morgan fingerprint density at radius 2 is 2.16 bits per heavy atom. The second kappa shape index (κ2) is 6.35. The van der Waals surface area contributed by atoms with Crippen LogP contribution in [0.1, 0.15) is 37.8 Å². The number of amides is 1. The van der Waals surface area contributed by atoms with E-state index >= 15 is 0 Å². The first-order valence-electron chi connectivity index (χ1n) is 6.34. The highest BCUT2D eigenvalue weighted by atomic mass is 16.2. The lowest BCUT2D eigenvalue weighted by Gasteiger charge is -2.21. The maximum atomic E-state index is 12.0. The molecule has 102 valence electrons. The predicted molar refractivity (Wildman–Crippen MR) is 75.1 cm³/mol. The molecule has 0 spiro atoms. The van der Waals surface area contributed by atoms with Crippen molar-refractivity contribution in [3.63, 3.8) is 0 Å². The van der Waals surface area contributed by atoms with Crippen LogP contribution >= 0.6 is 0 Å². The molecule has 0 aliphatic rings. The average molecular weight is 259 g/mol. The van der Waals surface area contributed by atoms with Crippen LogP contribution in [0.15, 0.2) is 24.3 Å². The largest absolute Gasteiger partial charge is 0.341 e. The van der Waals surface area contributed by atoms with Crippen LogP contribution in [0.4, 0.5) is 0 Å². The molecule has 0 saturated carbocycles. The fraction of sp³-hybridized carbons (Fsp3) is 0.467. The summed E-state index contributed by atoms with van der Waals surface area (Å²) in [7, 11) is 1.77. The van der Waals surface area contributed by atoms with Crippen molar-refractivity contribution >= 4 is 5.91 Å². The van der Waals surface area contributed by atoms with Crippen molar-refractivity contribution in [2.24, 2.45) is 5.73 Å². The minimum absolute atomic E-state index is 0.0703. The van der Waals surface area contributed by atoms with Gasteiger partial charge in [-0.15, -0.1) is 0 Å². The van der Waals surface area contributed by atoms with Crippen LogP contribution in [0, 0.1) is 11.3 Å². The fourth-order valence-electron chi connectivity index (χ4n) is 1.72. The summed E-state index contributed by atoms with van der Waals surface area (Å²) in [4.78, 5) is 13.6. The van der Waals surface area contributed by atoms with Gasteiger partial charge in [-0.25, -0.2) is 0 Å². The number of nitrogens with two attached hydrogens (primary N) is 1. The summed E-state index contributed by atoms with van der Waals surface area (Å²) < 4.78 is 0. The minimum atomic E-state index is -0.322. The summed E-state index contributed by atoms with van der Waals surface area (Å²) in [5.41, 5.74) is 7.12. The summed E-state index contributed by atoms with van der Waals surface area (Å²) in [5.74, 6) is 0.0703. The van der Waals surface area contributed by atoms with Gasteiger partial charge in [0.15, 0.2) is 0 Å². The molecule has 0 atom stereocenters. The molecule has 1 amide bonds. The van der Waals surface area contributed by atoms with Gasteiger partial charge in [-0.1, -0.05) is 12.1 Å². The maximum absolute atomic E-state index is 12.0. The molecule has 0 heterocycles. The van der Waals surface area contributed by atoms with E-state index in [4.69, 9.17) is 11.0 Å². The monoisotopic (exact) mass is 259 g/mol. The molecule has 0 fully saturated rings. The smallest absolute Gasteiger partial charge is 0.222 e. The molecule has 0 aromatic heterocycles. The number of nitriles is 1. The molecule has 0 aliphatic carbocycles. The first-order chi connectivity index (χ1) is 8.81. The molecule has 19 heavy (non-hydrogen) atoms. The van der Waals surface area contributed by atoms with Gasteiger partial charge in [0, 0.05) is 25.6 Å². The second-order valence-corrected chi connectivity index (χ2v) is 5.55. The molecule has 0 radical (unpaired) electrons. The highest BCUT2D eigenvalue weighted by molar-refractivity contribution is 5.75. The molecule has 0 bridgehead atoms. The highest BCUT2D eigenvalue weighted by Crippen LogP contribution is 2.11. The summed E-state index contributed by atoms with van der Waals surface area (Å²) in [6.07, 6.45) is 1.10. The van der Waals surface area contributed by atoms with Crippen LogP contribution in [-0.2, 0) is 11.3 Å². The standard InChI is InChI=1S/C15H21N3O/c1-15(2,17)8-7-14(19)18(3)11-13-6-4-5-12(9-13)10-16/h4-6,9H,7-8,11,17H2,1-3H3. The molecule has 2 N–H and O–H groups in total. The molecule has 0 saturated heterocycles. The van der Waals surface area contributed by atoms with Gasteiger partial charge in [-0.2, -0.15) is 5.26 Å². The van der Waals surface area contributed by atoms with Crippen LogP contribution in [0.5, 0.6) is 0 Å². The Kier molecular flexibility index (Phi) is 5.08. The van der Waals surface area contributed by atoms with Crippen molar-refractivity contribution in [3.05, 3.63) is 35.4 Å². The van der Waals surface area contributed by atoms with Crippen molar-refractivity contribution in [1.29, 1.82) is 5.26 Å². The van der Waals surface area contributed by atoms with Crippen LogP contribution in [0.25, 0.3) is 0 Å². The van der Waals surface area contributed by atoms with Crippen molar-refractivity contribution < 1.29 is 4.79 Å². The van der Waals surface area contributed by atoms with Gasteiger partial charge >= 0.3 is 0 Å². The van der Waals surface area contributed by atoms with E-state index in [0.29, 0.717) is 24.9 Å². The predicted octanol–water partition coefficient (Wildman–Crippen LogP) is 2.03. The molecular formula is C15H21N3O. The van der Waals surface area contributed by atoms with Gasteiger partial charge < -0.3 is 10.6 Å². The third-order valence-corrected chi connectivity index (χ3v) is 2.88. The summed E-state index contributed by atoms with van der Waals surface area (Å²) in [6.45, 7) is 4.34. The van der Waals surface area contributed by atoms with E-state index in [1.165, 1.54) is 0 Å². The zero-order valence-corrected chi connectivity index (χ0v) is 11.8. The average Bonchev–Trinajstić information content (AvgIpc) is 2.35. The number of carbonyl (C=O) groups is 1. The Morgan fingerprint density at radius 1 is 1.47 bits per heavy atom. The highest BCUT2D eigenvalue weighted by Gasteiger charge is 2.15. The molecular weight excluding hydrogens is 238 g/mol. The minimum Gasteiger partial charge on any atom is -0.341 e. The zero-order valence-electron chi connectivity index (χ0n) is 11.8. The van der Waals surface area contributed by atoms with Gasteiger partial charge in [0.25, 0.3) is 0 Å². The van der Waals surface area contributed by atoms with Crippen molar-refractivity contribution in [2.75, 3.05) is 7.05 Å². The number of carbonyl (C=O) groups excluding carboxylic acids is 1. The summed E-state index contributed by atoms with van der Waals surface area (Å²) >= 11 is 0. The number of benzene rings is 1. The SMILES string of the molecule is CN(Cc1cccc(C#N)c1)C(=O)CCC(C)(C)N. The number of rotatable bonds is 5. The zero-order chi connectivity index (χ0) is 14.5. The van der Waals surface area contributed by atoms with Crippen LogP contribution < -0.4 is 5.73 Å². The summed E-state index contributed by atoms with van der Waals surface area (Å²) in [5, 5.41) is 8.83. The first kappa shape index (κ1) is 15.2. The number of hydrogen-bond acceptors (Lipinski definition) is 3. The Labute approximate surface area is 114 Å². The molecule has 1 aromatic rings. The molecule has 1 rings (SSSR count). The van der Waals surface area contributed by atoms with Gasteiger partial charge in [-0.3, -0.25) is 4.79 Å². The van der Waals surface area contributed by atoms with Gasteiger partial charge in [0.1, 0.15) is 0 Å². The molecule has 4 nitrogen and oxygen atoms in total. The normalized spacial score (nSPS) is 10.9. The summed E-state index contributed by atoms with van der Waals surface area (Å²) in [6, 6.07) is 9.39.